The number of carbonyl (C=O) groups is 1. The first-order valence-electron chi connectivity index (χ1n) is 7.94. The lowest BCUT2D eigenvalue weighted by Crippen LogP contribution is -2.24. The van der Waals surface area contributed by atoms with Crippen LogP contribution < -0.4 is 10.2 Å². The standard InChI is InChI=1S/C19H15N3O5/c23-18-10-5-13-3-1-2-4-16(13)17(18)11-20-21-19(24)12-27-15-8-6-14(7-9-15)22(25)26/h1-11,23H,12H2,(H,21,24). The zero-order valence-electron chi connectivity index (χ0n) is 14.0. The number of nitro groups is 1. The monoisotopic (exact) mass is 365 g/mol. The molecule has 0 aromatic heterocycles. The number of rotatable bonds is 6. The van der Waals surface area contributed by atoms with Crippen molar-refractivity contribution in [3.63, 3.8) is 0 Å². The number of nitrogens with zero attached hydrogens (tertiary/aromatic N) is 2. The molecule has 2 N–H and O–H groups in total. The Labute approximate surface area is 153 Å². The van der Waals surface area contributed by atoms with Gasteiger partial charge in [-0.3, -0.25) is 14.9 Å². The van der Waals surface area contributed by atoms with Gasteiger partial charge in [-0.15, -0.1) is 0 Å². The molecule has 8 nitrogen and oxygen atoms in total. The number of hydrogen-bond donors (Lipinski definition) is 2. The van der Waals surface area contributed by atoms with Crippen LogP contribution in [0.25, 0.3) is 10.8 Å². The van der Waals surface area contributed by atoms with Gasteiger partial charge in [0.2, 0.25) is 0 Å². The van der Waals surface area contributed by atoms with Gasteiger partial charge in [-0.05, 0) is 29.0 Å². The third-order valence-electron chi connectivity index (χ3n) is 3.75. The second-order valence-corrected chi connectivity index (χ2v) is 5.55. The van der Waals surface area contributed by atoms with Gasteiger partial charge in [0.1, 0.15) is 11.5 Å². The van der Waals surface area contributed by atoms with E-state index in [4.69, 9.17) is 4.74 Å². The molecule has 136 valence electrons. The molecule has 0 atom stereocenters. The predicted octanol–water partition coefficient (Wildman–Crippen LogP) is 2.98. The summed E-state index contributed by atoms with van der Waals surface area (Å²) in [6, 6.07) is 16.2. The number of nitro benzene ring substituents is 1. The first-order chi connectivity index (χ1) is 13.0. The number of non-ortho nitro benzene ring substituents is 1. The molecule has 0 aliphatic carbocycles. The average molecular weight is 365 g/mol. The Hall–Kier alpha value is -3.94. The number of aromatic hydroxyl groups is 1. The Balaban J connectivity index is 1.59. The highest BCUT2D eigenvalue weighted by atomic mass is 16.6. The van der Waals surface area contributed by atoms with Crippen molar-refractivity contribution in [2.75, 3.05) is 6.61 Å². The third kappa shape index (κ3) is 4.37. The summed E-state index contributed by atoms with van der Waals surface area (Å²) in [5.74, 6) is -0.135. The largest absolute Gasteiger partial charge is 0.507 e. The molecule has 3 aromatic carbocycles. The minimum absolute atomic E-state index is 0.0498. The molecule has 0 radical (unpaired) electrons. The number of phenolic OH excluding ortho intramolecular Hbond substituents is 1. The molecular weight excluding hydrogens is 350 g/mol. The zero-order chi connectivity index (χ0) is 19.2. The average Bonchev–Trinajstić information content (AvgIpc) is 2.68. The maximum atomic E-state index is 11.8. The van der Waals surface area contributed by atoms with Crippen LogP contribution in [0.5, 0.6) is 11.5 Å². The van der Waals surface area contributed by atoms with E-state index in [1.165, 1.54) is 30.5 Å². The van der Waals surface area contributed by atoms with Crippen LogP contribution in [-0.4, -0.2) is 28.8 Å². The molecule has 0 spiro atoms. The van der Waals surface area contributed by atoms with E-state index in [2.05, 4.69) is 10.5 Å². The van der Waals surface area contributed by atoms with Gasteiger partial charge in [0.05, 0.1) is 11.1 Å². The van der Waals surface area contributed by atoms with Gasteiger partial charge in [0.25, 0.3) is 11.6 Å². The number of benzene rings is 3. The number of ether oxygens (including phenoxy) is 1. The highest BCUT2D eigenvalue weighted by Crippen LogP contribution is 2.25. The van der Waals surface area contributed by atoms with Crippen molar-refractivity contribution in [1.29, 1.82) is 0 Å². The van der Waals surface area contributed by atoms with Crippen LogP contribution in [0, 0.1) is 10.1 Å². The van der Waals surface area contributed by atoms with Gasteiger partial charge < -0.3 is 9.84 Å². The Morgan fingerprint density at radius 2 is 1.89 bits per heavy atom. The lowest BCUT2D eigenvalue weighted by molar-refractivity contribution is -0.384. The molecule has 3 rings (SSSR count). The van der Waals surface area contributed by atoms with Gasteiger partial charge >= 0.3 is 0 Å². The highest BCUT2D eigenvalue weighted by molar-refractivity contribution is 6.02. The molecule has 0 fully saturated rings. The lowest BCUT2D eigenvalue weighted by Gasteiger charge is -2.06. The van der Waals surface area contributed by atoms with Gasteiger partial charge in [-0.2, -0.15) is 5.10 Å². The second kappa shape index (κ2) is 7.96. The van der Waals surface area contributed by atoms with E-state index in [1.54, 1.807) is 12.1 Å². The molecular formula is C19H15N3O5. The predicted molar refractivity (Wildman–Crippen MR) is 99.9 cm³/mol. The fourth-order valence-electron chi connectivity index (χ4n) is 2.43. The number of fused-ring (bicyclic) bond motifs is 1. The Morgan fingerprint density at radius 3 is 2.63 bits per heavy atom. The first-order valence-corrected chi connectivity index (χ1v) is 7.94. The molecule has 0 bridgehead atoms. The van der Waals surface area contributed by atoms with Gasteiger partial charge in [0.15, 0.2) is 6.61 Å². The minimum Gasteiger partial charge on any atom is -0.507 e. The van der Waals surface area contributed by atoms with E-state index < -0.39 is 10.8 Å². The second-order valence-electron chi connectivity index (χ2n) is 5.55. The molecule has 0 unspecified atom stereocenters. The zero-order valence-corrected chi connectivity index (χ0v) is 14.0. The van der Waals surface area contributed by atoms with E-state index >= 15 is 0 Å². The fourth-order valence-corrected chi connectivity index (χ4v) is 2.43. The van der Waals surface area contributed by atoms with E-state index in [0.29, 0.717) is 11.3 Å². The SMILES string of the molecule is O=C(COc1ccc([N+](=O)[O-])cc1)NN=Cc1c(O)ccc2ccccc12. The molecule has 8 heteroatoms. The highest BCUT2D eigenvalue weighted by Gasteiger charge is 2.07. The van der Waals surface area contributed by atoms with Crippen molar-refractivity contribution < 1.29 is 19.6 Å². The molecule has 3 aromatic rings. The number of hydrogen-bond acceptors (Lipinski definition) is 6. The van der Waals surface area contributed by atoms with E-state index in [9.17, 15) is 20.0 Å². The Kier molecular flexibility index (Phi) is 5.27. The summed E-state index contributed by atoms with van der Waals surface area (Å²) in [6.07, 6.45) is 1.36. The fraction of sp³-hybridized carbons (Fsp3) is 0.0526. The number of carbonyl (C=O) groups excluding carboxylic acids is 1. The minimum atomic E-state index is -0.520. The van der Waals surface area contributed by atoms with Crippen LogP contribution >= 0.6 is 0 Å². The molecule has 0 aliphatic rings. The Bertz CT molecular complexity index is 1020. The van der Waals surface area contributed by atoms with Crippen molar-refractivity contribution in [3.05, 3.63) is 76.3 Å². The summed E-state index contributed by atoms with van der Waals surface area (Å²) in [4.78, 5) is 21.9. The van der Waals surface area contributed by atoms with Crippen molar-refractivity contribution in [1.82, 2.24) is 5.43 Å². The van der Waals surface area contributed by atoms with Crippen molar-refractivity contribution >= 4 is 28.6 Å². The lowest BCUT2D eigenvalue weighted by atomic mass is 10.0. The summed E-state index contributed by atoms with van der Waals surface area (Å²) >= 11 is 0. The molecule has 0 saturated heterocycles. The van der Waals surface area contributed by atoms with E-state index in [1.807, 2.05) is 24.3 Å². The summed E-state index contributed by atoms with van der Waals surface area (Å²) in [5, 5.41) is 26.2. The van der Waals surface area contributed by atoms with Crippen LogP contribution in [-0.2, 0) is 4.79 Å². The smallest absolute Gasteiger partial charge is 0.277 e. The van der Waals surface area contributed by atoms with Crippen LogP contribution in [0.2, 0.25) is 0 Å². The van der Waals surface area contributed by atoms with Gasteiger partial charge in [-0.1, -0.05) is 30.3 Å². The van der Waals surface area contributed by atoms with Crippen LogP contribution in [0.4, 0.5) is 5.69 Å². The van der Waals surface area contributed by atoms with Crippen molar-refractivity contribution in [3.8, 4) is 11.5 Å². The topological polar surface area (TPSA) is 114 Å². The maximum absolute atomic E-state index is 11.8. The first kappa shape index (κ1) is 17.9. The van der Waals surface area contributed by atoms with Gasteiger partial charge in [-0.25, -0.2) is 5.43 Å². The number of amides is 1. The number of nitrogens with one attached hydrogen (secondary N) is 1. The molecule has 0 saturated carbocycles. The summed E-state index contributed by atoms with van der Waals surface area (Å²) < 4.78 is 5.24. The maximum Gasteiger partial charge on any atom is 0.277 e. The van der Waals surface area contributed by atoms with Crippen molar-refractivity contribution in [2.24, 2.45) is 5.10 Å². The summed E-state index contributed by atoms with van der Waals surface area (Å²) in [7, 11) is 0. The number of hydrazone groups is 1. The molecule has 1 amide bonds. The molecule has 27 heavy (non-hydrogen) atoms. The Morgan fingerprint density at radius 1 is 1.15 bits per heavy atom. The van der Waals surface area contributed by atoms with Crippen LogP contribution in [0.3, 0.4) is 0 Å². The number of phenols is 1. The van der Waals surface area contributed by atoms with Crippen LogP contribution in [0.1, 0.15) is 5.56 Å². The normalized spacial score (nSPS) is 10.8. The summed E-state index contributed by atoms with van der Waals surface area (Å²) in [6.45, 7) is -0.309. The van der Waals surface area contributed by atoms with Gasteiger partial charge in [0, 0.05) is 17.7 Å². The van der Waals surface area contributed by atoms with Crippen LogP contribution in [0.15, 0.2) is 65.8 Å². The summed E-state index contributed by atoms with van der Waals surface area (Å²) in [5.41, 5.74) is 2.74. The molecule has 0 aliphatic heterocycles. The van der Waals surface area contributed by atoms with E-state index in [-0.39, 0.29) is 18.0 Å². The third-order valence-corrected chi connectivity index (χ3v) is 3.75. The quantitative estimate of drug-likeness (QED) is 0.396. The van der Waals surface area contributed by atoms with E-state index in [0.717, 1.165) is 10.8 Å². The van der Waals surface area contributed by atoms with Crippen molar-refractivity contribution in [2.45, 2.75) is 0 Å². The molecule has 0 heterocycles.